The fraction of sp³-hybridized carbons (Fsp3) is 0.650. The molecule has 4 heteroatoms. The van der Waals surface area contributed by atoms with Gasteiger partial charge in [0.1, 0.15) is 0 Å². The van der Waals surface area contributed by atoms with Crippen molar-refractivity contribution in [1.82, 2.24) is 10.2 Å². The van der Waals surface area contributed by atoms with E-state index in [1.54, 1.807) is 0 Å². The third-order valence-electron chi connectivity index (χ3n) is 4.97. The van der Waals surface area contributed by atoms with Crippen molar-refractivity contribution in [2.75, 3.05) is 19.6 Å². The van der Waals surface area contributed by atoms with E-state index >= 15 is 0 Å². The van der Waals surface area contributed by atoms with Crippen LogP contribution in [0.3, 0.4) is 0 Å². The Morgan fingerprint density at radius 3 is 2.38 bits per heavy atom. The van der Waals surface area contributed by atoms with Crippen LogP contribution in [0.1, 0.15) is 63.5 Å². The molecule has 0 aromatic heterocycles. The van der Waals surface area contributed by atoms with Gasteiger partial charge in [-0.2, -0.15) is 0 Å². The zero-order valence-electron chi connectivity index (χ0n) is 15.4. The van der Waals surface area contributed by atoms with E-state index in [1.165, 1.54) is 11.1 Å². The van der Waals surface area contributed by atoms with Crippen LogP contribution >= 0.6 is 12.4 Å². The van der Waals surface area contributed by atoms with Crippen molar-refractivity contribution in [3.8, 4) is 0 Å². The quantitative estimate of drug-likeness (QED) is 0.799. The van der Waals surface area contributed by atoms with E-state index in [0.717, 1.165) is 45.3 Å². The van der Waals surface area contributed by atoms with E-state index in [1.807, 2.05) is 0 Å². The van der Waals surface area contributed by atoms with Gasteiger partial charge >= 0.3 is 0 Å². The van der Waals surface area contributed by atoms with Crippen LogP contribution in [-0.4, -0.2) is 36.5 Å². The zero-order valence-corrected chi connectivity index (χ0v) is 16.2. The molecule has 136 valence electrons. The van der Waals surface area contributed by atoms with E-state index in [0.29, 0.717) is 18.4 Å². The van der Waals surface area contributed by atoms with Crippen molar-refractivity contribution in [3.05, 3.63) is 35.4 Å². The lowest BCUT2D eigenvalue weighted by molar-refractivity contribution is -0.134. The molecular formula is C20H33ClN2O. The second kappa shape index (κ2) is 10.7. The standard InChI is InChI=1S/C20H32N2O.ClH/c1-4-14-22(19-10-12-21-13-11-19)20(23)15-16(3)18-8-6-17(5-2)7-9-18;/h6-9,16,19,21H,4-5,10-15H2,1-3H3;1H. The Kier molecular flexibility index (Phi) is 9.38. The van der Waals surface area contributed by atoms with Gasteiger partial charge in [-0.25, -0.2) is 0 Å². The summed E-state index contributed by atoms with van der Waals surface area (Å²) in [6.07, 6.45) is 4.90. The molecule has 3 nitrogen and oxygen atoms in total. The van der Waals surface area contributed by atoms with Gasteiger partial charge in [0.2, 0.25) is 5.91 Å². The molecule has 1 aliphatic rings. The lowest BCUT2D eigenvalue weighted by atomic mass is 9.95. The maximum Gasteiger partial charge on any atom is 0.223 e. The van der Waals surface area contributed by atoms with Gasteiger partial charge in [0.05, 0.1) is 0 Å². The monoisotopic (exact) mass is 352 g/mol. The Labute approximate surface area is 153 Å². The first kappa shape index (κ1) is 21.0. The number of carbonyl (C=O) groups is 1. The summed E-state index contributed by atoms with van der Waals surface area (Å²) in [7, 11) is 0. The topological polar surface area (TPSA) is 32.3 Å². The second-order valence-corrected chi connectivity index (χ2v) is 6.77. The molecular weight excluding hydrogens is 320 g/mol. The molecule has 2 rings (SSSR count). The van der Waals surface area contributed by atoms with Crippen molar-refractivity contribution in [1.29, 1.82) is 0 Å². The number of nitrogens with one attached hydrogen (secondary N) is 1. The van der Waals surface area contributed by atoms with E-state index in [2.05, 4.69) is 55.3 Å². The number of hydrogen-bond acceptors (Lipinski definition) is 2. The van der Waals surface area contributed by atoms with Crippen molar-refractivity contribution in [2.45, 2.75) is 64.8 Å². The first-order valence-corrected chi connectivity index (χ1v) is 9.24. The van der Waals surface area contributed by atoms with Gasteiger partial charge in [0.25, 0.3) is 0 Å². The second-order valence-electron chi connectivity index (χ2n) is 6.77. The molecule has 1 aliphatic heterocycles. The third-order valence-corrected chi connectivity index (χ3v) is 4.97. The van der Waals surface area contributed by atoms with Gasteiger partial charge in [0.15, 0.2) is 0 Å². The molecule has 1 atom stereocenters. The van der Waals surface area contributed by atoms with E-state index in [4.69, 9.17) is 0 Å². The van der Waals surface area contributed by atoms with Gasteiger partial charge < -0.3 is 10.2 Å². The molecule has 1 unspecified atom stereocenters. The number of carbonyl (C=O) groups excluding carboxylic acids is 1. The maximum atomic E-state index is 12.8. The molecule has 1 N–H and O–H groups in total. The minimum atomic E-state index is 0. The van der Waals surface area contributed by atoms with Crippen LogP contribution in [0.5, 0.6) is 0 Å². The summed E-state index contributed by atoms with van der Waals surface area (Å²) in [6.45, 7) is 9.46. The number of rotatable bonds is 7. The highest BCUT2D eigenvalue weighted by Gasteiger charge is 2.25. The fourth-order valence-electron chi connectivity index (χ4n) is 3.45. The molecule has 1 aromatic carbocycles. The Morgan fingerprint density at radius 2 is 1.83 bits per heavy atom. The molecule has 0 spiro atoms. The Balaban J connectivity index is 0.00000288. The lowest BCUT2D eigenvalue weighted by Crippen LogP contribution is -2.46. The molecule has 1 heterocycles. The summed E-state index contributed by atoms with van der Waals surface area (Å²) < 4.78 is 0. The number of nitrogens with zero attached hydrogens (tertiary/aromatic N) is 1. The number of aryl methyl sites for hydroxylation is 1. The van der Waals surface area contributed by atoms with Crippen LogP contribution in [0.2, 0.25) is 0 Å². The molecule has 0 aliphatic carbocycles. The Morgan fingerprint density at radius 1 is 1.21 bits per heavy atom. The predicted octanol–water partition coefficient (Wildman–Crippen LogP) is 4.16. The summed E-state index contributed by atoms with van der Waals surface area (Å²) in [5, 5.41) is 3.39. The number of halogens is 1. The van der Waals surface area contributed by atoms with Crippen molar-refractivity contribution >= 4 is 18.3 Å². The number of hydrogen-bond donors (Lipinski definition) is 1. The normalized spacial score (nSPS) is 16.3. The van der Waals surface area contributed by atoms with Gasteiger partial charge in [-0.1, -0.05) is 45.0 Å². The highest BCUT2D eigenvalue weighted by atomic mass is 35.5. The Hall–Kier alpha value is -1.06. The lowest BCUT2D eigenvalue weighted by Gasteiger charge is -2.35. The third kappa shape index (κ3) is 5.78. The van der Waals surface area contributed by atoms with Crippen LogP contribution in [-0.2, 0) is 11.2 Å². The minimum absolute atomic E-state index is 0. The van der Waals surface area contributed by atoms with E-state index < -0.39 is 0 Å². The molecule has 1 amide bonds. The van der Waals surface area contributed by atoms with Gasteiger partial charge in [0, 0.05) is 19.0 Å². The first-order valence-electron chi connectivity index (χ1n) is 9.24. The average molecular weight is 353 g/mol. The van der Waals surface area contributed by atoms with Crippen LogP contribution in [0.4, 0.5) is 0 Å². The van der Waals surface area contributed by atoms with Crippen LogP contribution in [0.25, 0.3) is 0 Å². The highest BCUT2D eigenvalue weighted by molar-refractivity contribution is 5.85. The maximum absolute atomic E-state index is 12.8. The SMILES string of the molecule is CCCN(C(=O)CC(C)c1ccc(CC)cc1)C1CCNCC1.Cl. The zero-order chi connectivity index (χ0) is 16.7. The summed E-state index contributed by atoms with van der Waals surface area (Å²) in [5.74, 6) is 0.611. The number of amides is 1. The summed E-state index contributed by atoms with van der Waals surface area (Å²) >= 11 is 0. The van der Waals surface area contributed by atoms with Gasteiger partial charge in [-0.05, 0) is 55.8 Å². The van der Waals surface area contributed by atoms with E-state index in [-0.39, 0.29) is 18.3 Å². The molecule has 1 aromatic rings. The van der Waals surface area contributed by atoms with Crippen LogP contribution < -0.4 is 5.32 Å². The van der Waals surface area contributed by atoms with Crippen LogP contribution in [0.15, 0.2) is 24.3 Å². The predicted molar refractivity (Wildman–Crippen MR) is 104 cm³/mol. The summed E-state index contributed by atoms with van der Waals surface area (Å²) in [5.41, 5.74) is 2.63. The fourth-order valence-corrected chi connectivity index (χ4v) is 3.45. The van der Waals surface area contributed by atoms with Gasteiger partial charge in [-0.15, -0.1) is 12.4 Å². The number of piperidine rings is 1. The summed E-state index contributed by atoms with van der Waals surface area (Å²) in [4.78, 5) is 15.0. The minimum Gasteiger partial charge on any atom is -0.340 e. The van der Waals surface area contributed by atoms with Gasteiger partial charge in [-0.3, -0.25) is 4.79 Å². The van der Waals surface area contributed by atoms with E-state index in [9.17, 15) is 4.79 Å². The highest BCUT2D eigenvalue weighted by Crippen LogP contribution is 2.23. The Bertz CT molecular complexity index is 483. The average Bonchev–Trinajstić information content (AvgIpc) is 2.60. The van der Waals surface area contributed by atoms with Crippen molar-refractivity contribution in [3.63, 3.8) is 0 Å². The van der Waals surface area contributed by atoms with Crippen LogP contribution in [0, 0.1) is 0 Å². The molecule has 0 radical (unpaired) electrons. The van der Waals surface area contributed by atoms with Crippen molar-refractivity contribution in [2.24, 2.45) is 0 Å². The molecule has 0 bridgehead atoms. The number of benzene rings is 1. The molecule has 1 fully saturated rings. The van der Waals surface area contributed by atoms with Crippen molar-refractivity contribution < 1.29 is 4.79 Å². The molecule has 1 saturated heterocycles. The first-order chi connectivity index (χ1) is 11.2. The smallest absolute Gasteiger partial charge is 0.223 e. The summed E-state index contributed by atoms with van der Waals surface area (Å²) in [6, 6.07) is 9.18. The molecule has 24 heavy (non-hydrogen) atoms. The molecule has 0 saturated carbocycles. The largest absolute Gasteiger partial charge is 0.340 e.